The molecule has 0 amide bonds. The number of nitrogens with zero attached hydrogens (tertiary/aromatic N) is 2. The van der Waals surface area contributed by atoms with E-state index in [0.29, 0.717) is 22.2 Å². The zero-order valence-electron chi connectivity index (χ0n) is 11.2. The molecule has 1 heterocycles. The van der Waals surface area contributed by atoms with Gasteiger partial charge in [0.25, 0.3) is 0 Å². The molecule has 100 valence electrons. The Morgan fingerprint density at radius 3 is 1.78 bits per heavy atom. The molecule has 5 heteroatoms. The van der Waals surface area contributed by atoms with Gasteiger partial charge in [0.05, 0.1) is 12.2 Å². The molecule has 1 aromatic heterocycles. The third-order valence-electron chi connectivity index (χ3n) is 2.44. The van der Waals surface area contributed by atoms with Crippen LogP contribution in [0.3, 0.4) is 0 Å². The second-order valence-electron chi connectivity index (χ2n) is 5.11. The molecular formula is C13H19BrN2O2. The Hall–Kier alpha value is -0.840. The van der Waals surface area contributed by atoms with Crippen LogP contribution in [0.5, 0.6) is 11.8 Å². The van der Waals surface area contributed by atoms with Gasteiger partial charge in [0.2, 0.25) is 11.8 Å². The second kappa shape index (κ2) is 5.43. The van der Waals surface area contributed by atoms with E-state index in [1.165, 1.54) is 0 Å². The summed E-state index contributed by atoms with van der Waals surface area (Å²) in [6, 6.07) is 0. The zero-order valence-corrected chi connectivity index (χ0v) is 12.8. The molecule has 1 aliphatic carbocycles. The molecule has 0 bridgehead atoms. The van der Waals surface area contributed by atoms with Gasteiger partial charge in [-0.2, -0.15) is 9.97 Å². The number of rotatable bonds is 5. The summed E-state index contributed by atoms with van der Waals surface area (Å²) in [6.07, 6.45) is 2.47. The minimum atomic E-state index is 0.0788. The Morgan fingerprint density at radius 2 is 1.44 bits per heavy atom. The lowest BCUT2D eigenvalue weighted by molar-refractivity contribution is 0.211. The molecule has 0 aliphatic heterocycles. The third-order valence-corrected chi connectivity index (χ3v) is 3.12. The van der Waals surface area contributed by atoms with E-state index in [0.717, 1.165) is 18.7 Å². The average Bonchev–Trinajstić information content (AvgIpc) is 3.05. The van der Waals surface area contributed by atoms with Gasteiger partial charge >= 0.3 is 0 Å². The quantitative estimate of drug-likeness (QED) is 0.831. The van der Waals surface area contributed by atoms with Crippen LogP contribution in [0.25, 0.3) is 0 Å². The van der Waals surface area contributed by atoms with E-state index in [1.54, 1.807) is 0 Å². The van der Waals surface area contributed by atoms with Crippen LogP contribution in [0.15, 0.2) is 4.47 Å². The summed E-state index contributed by atoms with van der Waals surface area (Å²) in [5.41, 5.74) is 0. The highest BCUT2D eigenvalue weighted by atomic mass is 79.9. The molecular weight excluding hydrogens is 296 g/mol. The van der Waals surface area contributed by atoms with Crippen molar-refractivity contribution in [2.75, 3.05) is 0 Å². The minimum Gasteiger partial charge on any atom is -0.474 e. The molecule has 4 nitrogen and oxygen atoms in total. The lowest BCUT2D eigenvalue weighted by atomic mass is 10.4. The van der Waals surface area contributed by atoms with Crippen molar-refractivity contribution < 1.29 is 9.47 Å². The molecule has 1 fully saturated rings. The van der Waals surface area contributed by atoms with Gasteiger partial charge in [-0.1, -0.05) is 0 Å². The first kappa shape index (κ1) is 13.6. The number of hydrogen-bond donors (Lipinski definition) is 0. The lowest BCUT2D eigenvalue weighted by Crippen LogP contribution is -2.13. The summed E-state index contributed by atoms with van der Waals surface area (Å²) in [7, 11) is 0. The highest BCUT2D eigenvalue weighted by molar-refractivity contribution is 9.10. The van der Waals surface area contributed by atoms with E-state index in [9.17, 15) is 0 Å². The maximum absolute atomic E-state index is 5.71. The van der Waals surface area contributed by atoms with Crippen molar-refractivity contribution in [3.8, 4) is 11.8 Å². The van der Waals surface area contributed by atoms with E-state index in [4.69, 9.17) is 9.47 Å². The summed E-state index contributed by atoms with van der Waals surface area (Å²) in [5, 5.41) is 0. The van der Waals surface area contributed by atoms with Crippen LogP contribution in [-0.4, -0.2) is 22.2 Å². The normalized spacial score (nSPS) is 15.3. The third kappa shape index (κ3) is 3.34. The van der Waals surface area contributed by atoms with E-state index in [2.05, 4.69) is 25.9 Å². The van der Waals surface area contributed by atoms with Gasteiger partial charge in [0.15, 0.2) is 0 Å². The first-order valence-electron chi connectivity index (χ1n) is 6.38. The van der Waals surface area contributed by atoms with Crippen molar-refractivity contribution in [3.05, 3.63) is 10.3 Å². The average molecular weight is 315 g/mol. The van der Waals surface area contributed by atoms with E-state index < -0.39 is 0 Å². The smallest absolute Gasteiger partial charge is 0.235 e. The first-order chi connectivity index (χ1) is 8.47. The fourth-order valence-corrected chi connectivity index (χ4v) is 1.91. The van der Waals surface area contributed by atoms with Gasteiger partial charge in [0.1, 0.15) is 10.3 Å². The monoisotopic (exact) mass is 314 g/mol. The molecule has 0 unspecified atom stereocenters. The first-order valence-corrected chi connectivity index (χ1v) is 7.17. The van der Waals surface area contributed by atoms with E-state index in [1.807, 2.05) is 27.7 Å². The standard InChI is InChI=1S/C13H19BrN2O2/c1-7(2)17-12-10(14)13(18-8(3)4)16-11(15-12)9-5-6-9/h7-9H,5-6H2,1-4H3. The Labute approximate surface area is 116 Å². The van der Waals surface area contributed by atoms with E-state index in [-0.39, 0.29) is 12.2 Å². The maximum atomic E-state index is 5.71. The Morgan fingerprint density at radius 1 is 1.00 bits per heavy atom. The highest BCUT2D eigenvalue weighted by Crippen LogP contribution is 2.42. The fraction of sp³-hybridized carbons (Fsp3) is 0.692. The van der Waals surface area contributed by atoms with Crippen LogP contribution < -0.4 is 9.47 Å². The molecule has 0 N–H and O–H groups in total. The number of halogens is 1. The van der Waals surface area contributed by atoms with Crippen LogP contribution in [0, 0.1) is 0 Å². The van der Waals surface area contributed by atoms with Gasteiger partial charge in [0, 0.05) is 5.92 Å². The molecule has 0 saturated heterocycles. The minimum absolute atomic E-state index is 0.0788. The maximum Gasteiger partial charge on any atom is 0.235 e. The second-order valence-corrected chi connectivity index (χ2v) is 5.91. The fourth-order valence-electron chi connectivity index (χ4n) is 1.55. The molecule has 0 radical (unpaired) electrons. The zero-order chi connectivity index (χ0) is 13.3. The topological polar surface area (TPSA) is 44.2 Å². The summed E-state index contributed by atoms with van der Waals surface area (Å²) in [5.74, 6) is 2.47. The molecule has 0 aromatic carbocycles. The summed E-state index contributed by atoms with van der Waals surface area (Å²) >= 11 is 3.47. The van der Waals surface area contributed by atoms with Gasteiger partial charge in [-0.15, -0.1) is 0 Å². The van der Waals surface area contributed by atoms with Crippen molar-refractivity contribution >= 4 is 15.9 Å². The van der Waals surface area contributed by atoms with Gasteiger partial charge in [-0.3, -0.25) is 0 Å². The number of hydrogen-bond acceptors (Lipinski definition) is 4. The van der Waals surface area contributed by atoms with Crippen LogP contribution in [0.2, 0.25) is 0 Å². The van der Waals surface area contributed by atoms with Crippen LogP contribution >= 0.6 is 15.9 Å². The van der Waals surface area contributed by atoms with Gasteiger partial charge in [-0.05, 0) is 56.5 Å². The van der Waals surface area contributed by atoms with Crippen LogP contribution in [0.1, 0.15) is 52.3 Å². The summed E-state index contributed by atoms with van der Waals surface area (Å²) in [4.78, 5) is 8.96. The molecule has 18 heavy (non-hydrogen) atoms. The largest absolute Gasteiger partial charge is 0.474 e. The number of ether oxygens (including phenoxy) is 2. The molecule has 0 atom stereocenters. The van der Waals surface area contributed by atoms with Crippen molar-refractivity contribution in [1.82, 2.24) is 9.97 Å². The van der Waals surface area contributed by atoms with Crippen LogP contribution in [0.4, 0.5) is 0 Å². The van der Waals surface area contributed by atoms with Crippen molar-refractivity contribution in [3.63, 3.8) is 0 Å². The highest BCUT2D eigenvalue weighted by Gasteiger charge is 2.29. The Kier molecular flexibility index (Phi) is 4.10. The molecule has 0 spiro atoms. The van der Waals surface area contributed by atoms with Crippen molar-refractivity contribution in [2.24, 2.45) is 0 Å². The van der Waals surface area contributed by atoms with Gasteiger partial charge in [-0.25, -0.2) is 0 Å². The Bertz CT molecular complexity index is 400. The molecule has 1 saturated carbocycles. The number of aromatic nitrogens is 2. The van der Waals surface area contributed by atoms with E-state index >= 15 is 0 Å². The predicted molar refractivity (Wildman–Crippen MR) is 73.2 cm³/mol. The summed E-state index contributed by atoms with van der Waals surface area (Å²) < 4.78 is 12.1. The predicted octanol–water partition coefficient (Wildman–Crippen LogP) is 3.69. The SMILES string of the molecule is CC(C)Oc1nc(C2CC2)nc(OC(C)C)c1Br. The molecule has 2 rings (SSSR count). The van der Waals surface area contributed by atoms with Crippen molar-refractivity contribution in [1.29, 1.82) is 0 Å². The van der Waals surface area contributed by atoms with Crippen molar-refractivity contribution in [2.45, 2.75) is 58.7 Å². The lowest BCUT2D eigenvalue weighted by Gasteiger charge is -2.16. The summed E-state index contributed by atoms with van der Waals surface area (Å²) in [6.45, 7) is 7.92. The molecule has 1 aliphatic rings. The van der Waals surface area contributed by atoms with Crippen LogP contribution in [-0.2, 0) is 0 Å². The molecule has 1 aromatic rings. The Balaban J connectivity index is 2.34. The van der Waals surface area contributed by atoms with Gasteiger partial charge < -0.3 is 9.47 Å².